The van der Waals surface area contributed by atoms with Gasteiger partial charge >= 0.3 is 0 Å². The highest BCUT2D eigenvalue weighted by Crippen LogP contribution is 2.17. The lowest BCUT2D eigenvalue weighted by atomic mass is 10.2. The summed E-state index contributed by atoms with van der Waals surface area (Å²) >= 11 is 0. The lowest BCUT2D eigenvalue weighted by molar-refractivity contribution is 0.184. The van der Waals surface area contributed by atoms with Gasteiger partial charge in [-0.15, -0.1) is 0 Å². The summed E-state index contributed by atoms with van der Waals surface area (Å²) in [5.41, 5.74) is 0.386. The van der Waals surface area contributed by atoms with E-state index in [4.69, 9.17) is 4.52 Å². The molecule has 0 amide bonds. The minimum atomic E-state index is -0.788. The first-order valence-corrected chi connectivity index (χ1v) is 4.76. The molecule has 1 unspecified atom stereocenters. The number of pyridine rings is 1. The van der Waals surface area contributed by atoms with Gasteiger partial charge < -0.3 is 14.2 Å². The van der Waals surface area contributed by atoms with Crippen molar-refractivity contribution in [1.82, 2.24) is 14.7 Å². The molecule has 0 radical (unpaired) electrons. The Kier molecular flexibility index (Phi) is 2.57. The molecule has 0 aromatic carbocycles. The fourth-order valence-corrected chi connectivity index (χ4v) is 1.20. The van der Waals surface area contributed by atoms with Crippen LogP contribution in [0.25, 0.3) is 11.5 Å². The molecule has 2 aromatic rings. The van der Waals surface area contributed by atoms with E-state index in [1.807, 2.05) is 0 Å². The summed E-state index contributed by atoms with van der Waals surface area (Å²) in [4.78, 5) is 15.4. The van der Waals surface area contributed by atoms with E-state index in [-0.39, 0.29) is 17.3 Å². The number of nitrogens with zero attached hydrogens (tertiary/aromatic N) is 3. The van der Waals surface area contributed by atoms with Crippen LogP contribution in [0.4, 0.5) is 0 Å². The van der Waals surface area contributed by atoms with Crippen LogP contribution in [-0.4, -0.2) is 19.8 Å². The number of aryl methyl sites for hydroxylation is 1. The molecule has 84 valence electrons. The van der Waals surface area contributed by atoms with Crippen LogP contribution in [0.2, 0.25) is 0 Å². The zero-order valence-electron chi connectivity index (χ0n) is 8.91. The Balaban J connectivity index is 2.43. The van der Waals surface area contributed by atoms with Crippen molar-refractivity contribution < 1.29 is 9.63 Å². The van der Waals surface area contributed by atoms with Crippen molar-refractivity contribution >= 4 is 0 Å². The molecule has 0 saturated heterocycles. The van der Waals surface area contributed by atoms with E-state index in [2.05, 4.69) is 10.1 Å². The van der Waals surface area contributed by atoms with E-state index in [9.17, 15) is 9.90 Å². The third-order valence-electron chi connectivity index (χ3n) is 2.17. The van der Waals surface area contributed by atoms with Gasteiger partial charge in [0.2, 0.25) is 0 Å². The maximum Gasteiger partial charge on any atom is 0.258 e. The van der Waals surface area contributed by atoms with Gasteiger partial charge in [0, 0.05) is 24.9 Å². The Morgan fingerprint density at radius 3 is 2.88 bits per heavy atom. The molecule has 0 saturated carbocycles. The van der Waals surface area contributed by atoms with E-state index in [0.29, 0.717) is 5.56 Å². The molecule has 6 nitrogen and oxygen atoms in total. The van der Waals surface area contributed by atoms with Crippen molar-refractivity contribution in [2.75, 3.05) is 0 Å². The molecule has 16 heavy (non-hydrogen) atoms. The smallest absolute Gasteiger partial charge is 0.258 e. The van der Waals surface area contributed by atoms with Crippen LogP contribution >= 0.6 is 0 Å². The van der Waals surface area contributed by atoms with Gasteiger partial charge in [-0.3, -0.25) is 4.79 Å². The average molecular weight is 221 g/mol. The van der Waals surface area contributed by atoms with Crippen molar-refractivity contribution in [2.45, 2.75) is 13.0 Å². The number of aliphatic hydroxyl groups excluding tert-OH is 1. The third-order valence-corrected chi connectivity index (χ3v) is 2.17. The third kappa shape index (κ3) is 1.87. The second-order valence-corrected chi connectivity index (χ2v) is 3.50. The molecule has 0 fully saturated rings. The molecule has 0 spiro atoms. The van der Waals surface area contributed by atoms with Crippen molar-refractivity contribution in [3.8, 4) is 11.5 Å². The average Bonchev–Trinajstić information content (AvgIpc) is 2.71. The fraction of sp³-hybridized carbons (Fsp3) is 0.300. The fourth-order valence-electron chi connectivity index (χ4n) is 1.20. The standard InChI is InChI=1S/C10H11N3O3/c1-6(14)9-11-10(16-12-9)7-3-4-13(2)8(15)5-7/h3-6,14H,1-2H3. The maximum absolute atomic E-state index is 11.4. The maximum atomic E-state index is 11.4. The minimum absolute atomic E-state index is 0.158. The molecule has 2 rings (SSSR count). The lowest BCUT2D eigenvalue weighted by Crippen LogP contribution is -2.14. The largest absolute Gasteiger partial charge is 0.385 e. The van der Waals surface area contributed by atoms with Gasteiger partial charge in [-0.1, -0.05) is 5.16 Å². The Morgan fingerprint density at radius 2 is 2.31 bits per heavy atom. The Hall–Kier alpha value is -1.95. The molecule has 0 aliphatic heterocycles. The number of hydrogen-bond donors (Lipinski definition) is 1. The van der Waals surface area contributed by atoms with E-state index in [1.54, 1.807) is 26.2 Å². The summed E-state index contributed by atoms with van der Waals surface area (Å²) in [6, 6.07) is 3.10. The van der Waals surface area contributed by atoms with E-state index in [0.717, 1.165) is 0 Å². The summed E-state index contributed by atoms with van der Waals surface area (Å²) in [6.45, 7) is 1.54. The number of aromatic nitrogens is 3. The molecule has 0 aliphatic rings. The van der Waals surface area contributed by atoms with Crippen LogP contribution in [0.15, 0.2) is 27.6 Å². The predicted octanol–water partition coefficient (Wildman–Crippen LogP) is 0.489. The van der Waals surface area contributed by atoms with Crippen LogP contribution in [0.3, 0.4) is 0 Å². The predicted molar refractivity (Wildman–Crippen MR) is 55.6 cm³/mol. The van der Waals surface area contributed by atoms with Gasteiger partial charge in [-0.2, -0.15) is 4.98 Å². The lowest BCUT2D eigenvalue weighted by Gasteiger charge is -1.96. The summed E-state index contributed by atoms with van der Waals surface area (Å²) < 4.78 is 6.38. The Bertz CT molecular complexity index is 556. The second kappa shape index (κ2) is 3.90. The highest BCUT2D eigenvalue weighted by molar-refractivity contribution is 5.51. The van der Waals surface area contributed by atoms with Gasteiger partial charge in [-0.25, -0.2) is 0 Å². The van der Waals surface area contributed by atoms with Crippen LogP contribution in [0, 0.1) is 0 Å². The molecule has 0 aliphatic carbocycles. The Morgan fingerprint density at radius 1 is 1.56 bits per heavy atom. The molecular formula is C10H11N3O3. The summed E-state index contributed by atoms with van der Waals surface area (Å²) in [6.07, 6.45) is 0.827. The minimum Gasteiger partial charge on any atom is -0.385 e. The van der Waals surface area contributed by atoms with Crippen LogP contribution in [0.1, 0.15) is 18.9 Å². The molecular weight excluding hydrogens is 210 g/mol. The highest BCUT2D eigenvalue weighted by atomic mass is 16.5. The Labute approximate surface area is 91.2 Å². The summed E-state index contributed by atoms with van der Waals surface area (Å²) in [5, 5.41) is 12.8. The first-order valence-electron chi connectivity index (χ1n) is 4.76. The van der Waals surface area contributed by atoms with E-state index in [1.165, 1.54) is 10.6 Å². The zero-order valence-corrected chi connectivity index (χ0v) is 8.91. The van der Waals surface area contributed by atoms with Crippen molar-refractivity contribution in [3.05, 3.63) is 34.5 Å². The normalized spacial score (nSPS) is 12.7. The van der Waals surface area contributed by atoms with Crippen LogP contribution in [0.5, 0.6) is 0 Å². The molecule has 2 heterocycles. The number of aliphatic hydroxyl groups is 1. The topological polar surface area (TPSA) is 81.2 Å². The molecule has 0 bridgehead atoms. The molecule has 1 atom stereocenters. The van der Waals surface area contributed by atoms with Crippen molar-refractivity contribution in [1.29, 1.82) is 0 Å². The molecule has 2 aromatic heterocycles. The quantitative estimate of drug-likeness (QED) is 0.798. The van der Waals surface area contributed by atoms with Crippen LogP contribution in [-0.2, 0) is 7.05 Å². The van der Waals surface area contributed by atoms with Crippen molar-refractivity contribution in [2.24, 2.45) is 7.05 Å². The molecule has 1 N–H and O–H groups in total. The van der Waals surface area contributed by atoms with Gasteiger partial charge in [0.1, 0.15) is 6.10 Å². The first-order chi connectivity index (χ1) is 7.58. The van der Waals surface area contributed by atoms with Crippen molar-refractivity contribution in [3.63, 3.8) is 0 Å². The van der Waals surface area contributed by atoms with E-state index < -0.39 is 6.10 Å². The number of rotatable bonds is 2. The summed E-state index contributed by atoms with van der Waals surface area (Å²) in [5.74, 6) is 0.435. The van der Waals surface area contributed by atoms with E-state index >= 15 is 0 Å². The zero-order chi connectivity index (χ0) is 11.7. The monoisotopic (exact) mass is 221 g/mol. The van der Waals surface area contributed by atoms with Gasteiger partial charge in [-0.05, 0) is 13.0 Å². The van der Waals surface area contributed by atoms with Gasteiger partial charge in [0.15, 0.2) is 5.82 Å². The number of hydrogen-bond acceptors (Lipinski definition) is 5. The first kappa shape index (κ1) is 10.6. The summed E-state index contributed by atoms with van der Waals surface area (Å²) in [7, 11) is 1.65. The second-order valence-electron chi connectivity index (χ2n) is 3.50. The highest BCUT2D eigenvalue weighted by Gasteiger charge is 2.12. The van der Waals surface area contributed by atoms with Gasteiger partial charge in [0.05, 0.1) is 0 Å². The molecule has 6 heteroatoms. The van der Waals surface area contributed by atoms with Crippen LogP contribution < -0.4 is 5.56 Å². The SMILES string of the molecule is CC(O)c1noc(-c2ccn(C)c(=O)c2)n1. The van der Waals surface area contributed by atoms with Gasteiger partial charge in [0.25, 0.3) is 11.4 Å².